The fourth-order valence-electron chi connectivity index (χ4n) is 3.47. The van der Waals surface area contributed by atoms with Gasteiger partial charge in [-0.3, -0.25) is 4.57 Å². The lowest BCUT2D eigenvalue weighted by Gasteiger charge is -2.21. The summed E-state index contributed by atoms with van der Waals surface area (Å²) in [5, 5.41) is 4.54. The van der Waals surface area contributed by atoms with Gasteiger partial charge in [0.1, 0.15) is 5.52 Å². The average Bonchev–Trinajstić information content (AvgIpc) is 2.95. The topological polar surface area (TPSA) is 61.7 Å². The molecule has 2 N–H and O–H groups in total. The Hall–Kier alpha value is -1.52. The molecule has 0 saturated heterocycles. The van der Waals surface area contributed by atoms with E-state index in [1.807, 2.05) is 11.6 Å². The van der Waals surface area contributed by atoms with Gasteiger partial charge >= 0.3 is 0 Å². The molecule has 1 aliphatic rings. The van der Waals surface area contributed by atoms with E-state index in [0.29, 0.717) is 5.95 Å². The molecular formula is C15H25N5. The van der Waals surface area contributed by atoms with E-state index in [0.717, 1.165) is 35.9 Å². The predicted molar refractivity (Wildman–Crippen MR) is 81.5 cm³/mol. The van der Waals surface area contributed by atoms with E-state index in [-0.39, 0.29) is 0 Å². The van der Waals surface area contributed by atoms with Gasteiger partial charge in [-0.2, -0.15) is 5.10 Å². The van der Waals surface area contributed by atoms with Crippen molar-refractivity contribution in [2.24, 2.45) is 5.92 Å². The van der Waals surface area contributed by atoms with E-state index in [9.17, 15) is 0 Å². The normalized spacial score (nSPS) is 17.1. The van der Waals surface area contributed by atoms with Gasteiger partial charge in [0.25, 0.3) is 0 Å². The number of nitrogens with zero attached hydrogens (tertiary/aromatic N) is 4. The maximum Gasteiger partial charge on any atom is 0.202 e. The summed E-state index contributed by atoms with van der Waals surface area (Å²) in [6.45, 7) is 5.95. The molecule has 5 nitrogen and oxygen atoms in total. The van der Waals surface area contributed by atoms with Crippen LogP contribution in [-0.4, -0.2) is 19.3 Å². The molecular weight excluding hydrogens is 250 g/mol. The minimum Gasteiger partial charge on any atom is -0.369 e. The molecule has 0 atom stereocenters. The number of hydrogen-bond acceptors (Lipinski definition) is 3. The summed E-state index contributed by atoms with van der Waals surface area (Å²) in [6.07, 6.45) is 8.17. The van der Waals surface area contributed by atoms with Crippen LogP contribution in [0.25, 0.3) is 11.2 Å². The lowest BCUT2D eigenvalue weighted by atomic mass is 9.87. The summed E-state index contributed by atoms with van der Waals surface area (Å²) in [6, 6.07) is 0. The average molecular weight is 275 g/mol. The first kappa shape index (κ1) is 13.5. The van der Waals surface area contributed by atoms with Crippen LogP contribution in [0.1, 0.15) is 51.1 Å². The highest BCUT2D eigenvalue weighted by molar-refractivity contribution is 5.77. The second-order valence-corrected chi connectivity index (χ2v) is 5.99. The van der Waals surface area contributed by atoms with Crippen LogP contribution in [-0.2, 0) is 13.1 Å². The van der Waals surface area contributed by atoms with Crippen LogP contribution in [0.4, 0.5) is 5.95 Å². The molecule has 110 valence electrons. The van der Waals surface area contributed by atoms with Crippen molar-refractivity contribution in [2.75, 3.05) is 5.73 Å². The number of imidazole rings is 1. The molecule has 5 heteroatoms. The first-order chi connectivity index (χ1) is 9.70. The fourth-order valence-corrected chi connectivity index (χ4v) is 3.47. The number of aromatic nitrogens is 4. The first-order valence-corrected chi connectivity index (χ1v) is 7.89. The molecule has 2 aromatic heterocycles. The Morgan fingerprint density at radius 2 is 2.00 bits per heavy atom. The van der Waals surface area contributed by atoms with Crippen molar-refractivity contribution in [2.45, 2.75) is 65.5 Å². The van der Waals surface area contributed by atoms with E-state index in [4.69, 9.17) is 5.73 Å². The van der Waals surface area contributed by atoms with E-state index < -0.39 is 0 Å². The number of anilines is 1. The smallest absolute Gasteiger partial charge is 0.202 e. The third kappa shape index (κ3) is 2.30. The van der Waals surface area contributed by atoms with Crippen LogP contribution in [0.5, 0.6) is 0 Å². The van der Waals surface area contributed by atoms with E-state index >= 15 is 0 Å². The molecule has 3 rings (SSSR count). The third-order valence-electron chi connectivity index (χ3n) is 4.61. The van der Waals surface area contributed by atoms with Gasteiger partial charge in [-0.1, -0.05) is 32.1 Å². The highest BCUT2D eigenvalue weighted by Gasteiger charge is 2.18. The molecule has 1 saturated carbocycles. The zero-order chi connectivity index (χ0) is 14.1. The largest absolute Gasteiger partial charge is 0.369 e. The molecule has 0 unspecified atom stereocenters. The van der Waals surface area contributed by atoms with Crippen molar-refractivity contribution in [3.63, 3.8) is 0 Å². The van der Waals surface area contributed by atoms with Gasteiger partial charge in [0.2, 0.25) is 5.95 Å². The summed E-state index contributed by atoms with van der Waals surface area (Å²) >= 11 is 0. The Morgan fingerprint density at radius 1 is 1.25 bits per heavy atom. The minimum absolute atomic E-state index is 0.638. The monoisotopic (exact) mass is 275 g/mol. The summed E-state index contributed by atoms with van der Waals surface area (Å²) in [5.41, 5.74) is 9.15. The Morgan fingerprint density at radius 3 is 2.70 bits per heavy atom. The standard InChI is InChI=1S/C15H25N5/c1-3-20-14-13(11(2)18-20)17-15(16)19(14)10-9-12-7-5-4-6-8-12/h12H,3-10H2,1-2H3,(H2,16,17). The summed E-state index contributed by atoms with van der Waals surface area (Å²) < 4.78 is 4.18. The lowest BCUT2D eigenvalue weighted by Crippen LogP contribution is -2.13. The molecule has 0 aromatic carbocycles. The molecule has 0 bridgehead atoms. The zero-order valence-electron chi connectivity index (χ0n) is 12.6. The van der Waals surface area contributed by atoms with Crippen LogP contribution in [0.15, 0.2) is 0 Å². The second kappa shape index (κ2) is 5.46. The molecule has 0 amide bonds. The van der Waals surface area contributed by atoms with Crippen molar-refractivity contribution < 1.29 is 0 Å². The Labute approximate surface area is 120 Å². The van der Waals surface area contributed by atoms with Crippen molar-refractivity contribution in [1.29, 1.82) is 0 Å². The number of rotatable bonds is 4. The van der Waals surface area contributed by atoms with E-state index in [2.05, 4.69) is 21.6 Å². The van der Waals surface area contributed by atoms with Gasteiger partial charge < -0.3 is 5.73 Å². The van der Waals surface area contributed by atoms with Crippen LogP contribution in [0.2, 0.25) is 0 Å². The van der Waals surface area contributed by atoms with Crippen LogP contribution in [0, 0.1) is 12.8 Å². The maximum absolute atomic E-state index is 6.12. The van der Waals surface area contributed by atoms with Gasteiger partial charge in [0.05, 0.1) is 5.69 Å². The van der Waals surface area contributed by atoms with Crippen molar-refractivity contribution >= 4 is 17.1 Å². The number of aryl methyl sites for hydroxylation is 3. The van der Waals surface area contributed by atoms with E-state index in [1.165, 1.54) is 38.5 Å². The second-order valence-electron chi connectivity index (χ2n) is 5.99. The number of nitrogens with two attached hydrogens (primary N) is 1. The number of fused-ring (bicyclic) bond motifs is 1. The van der Waals surface area contributed by atoms with Crippen molar-refractivity contribution in [3.8, 4) is 0 Å². The highest BCUT2D eigenvalue weighted by atomic mass is 15.4. The quantitative estimate of drug-likeness (QED) is 0.932. The minimum atomic E-state index is 0.638. The molecule has 0 spiro atoms. The summed E-state index contributed by atoms with van der Waals surface area (Å²) in [5.74, 6) is 1.50. The first-order valence-electron chi connectivity index (χ1n) is 7.89. The number of hydrogen-bond donors (Lipinski definition) is 1. The molecule has 0 aliphatic heterocycles. The van der Waals surface area contributed by atoms with E-state index in [1.54, 1.807) is 0 Å². The molecule has 0 radical (unpaired) electrons. The van der Waals surface area contributed by atoms with Crippen LogP contribution in [0.3, 0.4) is 0 Å². The van der Waals surface area contributed by atoms with Crippen molar-refractivity contribution in [3.05, 3.63) is 5.69 Å². The Bertz CT molecular complexity index is 589. The Kier molecular flexibility index (Phi) is 3.68. The SMILES string of the molecule is CCn1nc(C)c2nc(N)n(CCC3CCCCC3)c21. The number of nitrogen functional groups attached to an aromatic ring is 1. The van der Waals surface area contributed by atoms with Crippen LogP contribution < -0.4 is 5.73 Å². The lowest BCUT2D eigenvalue weighted by molar-refractivity contribution is 0.325. The van der Waals surface area contributed by atoms with Gasteiger partial charge in [-0.25, -0.2) is 9.67 Å². The molecule has 1 aliphatic carbocycles. The highest BCUT2D eigenvalue weighted by Crippen LogP contribution is 2.28. The zero-order valence-corrected chi connectivity index (χ0v) is 12.6. The Balaban J connectivity index is 1.84. The predicted octanol–water partition coefficient (Wildman–Crippen LogP) is 3.11. The van der Waals surface area contributed by atoms with Gasteiger partial charge in [-0.05, 0) is 26.2 Å². The maximum atomic E-state index is 6.12. The molecule has 20 heavy (non-hydrogen) atoms. The summed E-state index contributed by atoms with van der Waals surface area (Å²) in [4.78, 5) is 4.50. The molecule has 2 aromatic rings. The summed E-state index contributed by atoms with van der Waals surface area (Å²) in [7, 11) is 0. The van der Waals surface area contributed by atoms with Crippen LogP contribution >= 0.6 is 0 Å². The molecule has 1 fully saturated rings. The third-order valence-corrected chi connectivity index (χ3v) is 4.61. The van der Waals surface area contributed by atoms with Gasteiger partial charge in [0, 0.05) is 13.1 Å². The molecule has 2 heterocycles. The van der Waals surface area contributed by atoms with Gasteiger partial charge in [0.15, 0.2) is 5.65 Å². The van der Waals surface area contributed by atoms with Crippen molar-refractivity contribution in [1.82, 2.24) is 19.3 Å². The fraction of sp³-hybridized carbons (Fsp3) is 0.733. The van der Waals surface area contributed by atoms with Gasteiger partial charge in [-0.15, -0.1) is 0 Å².